The van der Waals surface area contributed by atoms with Crippen molar-refractivity contribution in [3.63, 3.8) is 0 Å². The molecule has 164 valence electrons. The zero-order chi connectivity index (χ0) is 22.3. The molecule has 1 heterocycles. The van der Waals surface area contributed by atoms with E-state index < -0.39 is 0 Å². The molecule has 7 heteroatoms. The highest BCUT2D eigenvalue weighted by molar-refractivity contribution is 9.10. The number of benzene rings is 3. The van der Waals surface area contributed by atoms with Gasteiger partial charge in [-0.3, -0.25) is 4.79 Å². The van der Waals surface area contributed by atoms with Gasteiger partial charge < -0.3 is 10.1 Å². The van der Waals surface area contributed by atoms with Gasteiger partial charge in [0.2, 0.25) is 0 Å². The van der Waals surface area contributed by atoms with E-state index in [2.05, 4.69) is 52.4 Å². The van der Waals surface area contributed by atoms with E-state index in [1.54, 1.807) is 35.2 Å². The fourth-order valence-electron chi connectivity index (χ4n) is 3.01. The van der Waals surface area contributed by atoms with Gasteiger partial charge in [0.15, 0.2) is 4.34 Å². The number of carbonyl (C=O) groups is 1. The third kappa shape index (κ3) is 6.12. The Morgan fingerprint density at radius 3 is 2.62 bits per heavy atom. The Morgan fingerprint density at radius 1 is 1.09 bits per heavy atom. The van der Waals surface area contributed by atoms with Crippen LogP contribution in [0.25, 0.3) is 10.2 Å². The lowest BCUT2D eigenvalue weighted by atomic mass is 10.2. The van der Waals surface area contributed by atoms with Gasteiger partial charge in [0.25, 0.3) is 5.91 Å². The first kappa shape index (κ1) is 22.8. The summed E-state index contributed by atoms with van der Waals surface area (Å²) < 4.78 is 8.82. The lowest BCUT2D eigenvalue weighted by Gasteiger charge is -2.07. The average Bonchev–Trinajstić information content (AvgIpc) is 3.21. The van der Waals surface area contributed by atoms with E-state index in [-0.39, 0.29) is 5.91 Å². The van der Waals surface area contributed by atoms with Gasteiger partial charge in [-0.15, -0.1) is 11.3 Å². The van der Waals surface area contributed by atoms with Crippen molar-refractivity contribution in [1.29, 1.82) is 0 Å². The largest absolute Gasteiger partial charge is 0.494 e. The molecule has 4 aromatic rings. The fourth-order valence-corrected chi connectivity index (χ4v) is 5.34. The molecule has 0 spiro atoms. The Labute approximate surface area is 204 Å². The summed E-state index contributed by atoms with van der Waals surface area (Å²) in [6.07, 6.45) is 2.11. The second kappa shape index (κ2) is 11.0. The van der Waals surface area contributed by atoms with Gasteiger partial charge in [-0.2, -0.15) is 0 Å². The molecule has 0 aliphatic carbocycles. The van der Waals surface area contributed by atoms with Gasteiger partial charge in [-0.05, 0) is 66.6 Å². The number of nitrogens with one attached hydrogen (secondary N) is 1. The summed E-state index contributed by atoms with van der Waals surface area (Å²) in [5.74, 6) is 1.52. The van der Waals surface area contributed by atoms with Gasteiger partial charge >= 0.3 is 0 Å². The number of rotatable bonds is 9. The molecule has 4 nitrogen and oxygen atoms in total. The molecule has 1 aromatic heterocycles. The summed E-state index contributed by atoms with van der Waals surface area (Å²) in [7, 11) is 0. The van der Waals surface area contributed by atoms with Crippen LogP contribution in [-0.2, 0) is 5.75 Å². The number of hydrogen-bond donors (Lipinski definition) is 1. The topological polar surface area (TPSA) is 51.2 Å². The van der Waals surface area contributed by atoms with E-state index in [0.29, 0.717) is 12.2 Å². The number of aromatic nitrogens is 1. The van der Waals surface area contributed by atoms with Crippen LogP contribution in [0.15, 0.2) is 75.5 Å². The van der Waals surface area contributed by atoms with Crippen molar-refractivity contribution < 1.29 is 9.53 Å². The van der Waals surface area contributed by atoms with Crippen LogP contribution in [0.1, 0.15) is 35.7 Å². The maximum absolute atomic E-state index is 12.6. The minimum absolute atomic E-state index is 0.140. The summed E-state index contributed by atoms with van der Waals surface area (Å²) in [6.45, 7) is 2.82. The van der Waals surface area contributed by atoms with E-state index in [1.807, 2.05) is 30.3 Å². The van der Waals surface area contributed by atoms with Crippen molar-refractivity contribution in [2.75, 3.05) is 11.9 Å². The summed E-state index contributed by atoms with van der Waals surface area (Å²) in [5, 5.41) is 2.98. The molecule has 0 fully saturated rings. The van der Waals surface area contributed by atoms with E-state index in [1.165, 1.54) is 5.56 Å². The lowest BCUT2D eigenvalue weighted by Crippen LogP contribution is -2.11. The van der Waals surface area contributed by atoms with Crippen LogP contribution in [0.5, 0.6) is 5.75 Å². The van der Waals surface area contributed by atoms with E-state index >= 15 is 0 Å². The number of thioether (sulfide) groups is 1. The fraction of sp³-hybridized carbons (Fsp3) is 0.200. The Morgan fingerprint density at radius 2 is 1.88 bits per heavy atom. The molecular formula is C25H23BrN2O2S2. The molecule has 1 N–H and O–H groups in total. The zero-order valence-corrected chi connectivity index (χ0v) is 20.9. The number of halogens is 1. The molecule has 0 unspecified atom stereocenters. The lowest BCUT2D eigenvalue weighted by molar-refractivity contribution is 0.102. The molecule has 0 radical (unpaired) electrons. The number of anilines is 1. The van der Waals surface area contributed by atoms with Gasteiger partial charge in [0, 0.05) is 21.5 Å². The van der Waals surface area contributed by atoms with E-state index in [9.17, 15) is 4.79 Å². The summed E-state index contributed by atoms with van der Waals surface area (Å²) in [4.78, 5) is 17.3. The van der Waals surface area contributed by atoms with Gasteiger partial charge in [-0.1, -0.05) is 53.2 Å². The maximum atomic E-state index is 12.6. The standard InChI is InChI=1S/C25H23BrN2O2S2/c1-2-3-14-30-21-11-6-18(7-12-21)24(29)27-20-10-13-22-23(15-20)32-25(28-22)31-16-17-4-8-19(26)9-5-17/h4-13,15H,2-3,14,16H2,1H3,(H,27,29). The number of fused-ring (bicyclic) bond motifs is 1. The third-order valence-electron chi connectivity index (χ3n) is 4.79. The number of amides is 1. The minimum atomic E-state index is -0.140. The Hall–Kier alpha value is -2.35. The predicted molar refractivity (Wildman–Crippen MR) is 138 cm³/mol. The minimum Gasteiger partial charge on any atom is -0.494 e. The van der Waals surface area contributed by atoms with Gasteiger partial charge in [0.05, 0.1) is 16.8 Å². The predicted octanol–water partition coefficient (Wildman–Crippen LogP) is 7.78. The van der Waals surface area contributed by atoms with Crippen molar-refractivity contribution in [3.05, 3.63) is 82.3 Å². The number of nitrogens with zero attached hydrogens (tertiary/aromatic N) is 1. The normalized spacial score (nSPS) is 10.9. The first-order valence-electron chi connectivity index (χ1n) is 10.4. The van der Waals surface area contributed by atoms with Crippen LogP contribution in [-0.4, -0.2) is 17.5 Å². The number of unbranched alkanes of at least 4 members (excludes halogenated alkanes) is 1. The summed E-state index contributed by atoms with van der Waals surface area (Å²) >= 11 is 6.83. The van der Waals surface area contributed by atoms with Crippen LogP contribution in [0, 0.1) is 0 Å². The average molecular weight is 528 g/mol. The first-order valence-corrected chi connectivity index (χ1v) is 13.0. The quantitative estimate of drug-likeness (QED) is 0.178. The second-order valence-corrected chi connectivity index (χ2v) is 10.4. The number of ether oxygens (including phenoxy) is 1. The molecule has 4 rings (SSSR count). The molecule has 0 aliphatic heterocycles. The Bertz CT molecular complexity index is 1190. The van der Waals surface area contributed by atoms with Crippen LogP contribution < -0.4 is 10.1 Å². The van der Waals surface area contributed by atoms with E-state index in [4.69, 9.17) is 9.72 Å². The van der Waals surface area contributed by atoms with Crippen LogP contribution in [0.3, 0.4) is 0 Å². The molecule has 0 bridgehead atoms. The van der Waals surface area contributed by atoms with Gasteiger partial charge in [0.1, 0.15) is 5.75 Å². The molecule has 0 aliphatic rings. The molecule has 1 amide bonds. The van der Waals surface area contributed by atoms with Crippen LogP contribution in [0.4, 0.5) is 5.69 Å². The number of thiazole rings is 1. The Balaban J connectivity index is 1.38. The molecule has 32 heavy (non-hydrogen) atoms. The number of hydrogen-bond acceptors (Lipinski definition) is 5. The molecule has 0 atom stereocenters. The second-order valence-electron chi connectivity index (χ2n) is 7.26. The van der Waals surface area contributed by atoms with Crippen molar-refractivity contribution >= 4 is 60.8 Å². The van der Waals surface area contributed by atoms with Crippen molar-refractivity contribution in [3.8, 4) is 5.75 Å². The smallest absolute Gasteiger partial charge is 0.255 e. The highest BCUT2D eigenvalue weighted by atomic mass is 79.9. The van der Waals surface area contributed by atoms with Crippen molar-refractivity contribution in [2.45, 2.75) is 29.9 Å². The monoisotopic (exact) mass is 526 g/mol. The number of carbonyl (C=O) groups excluding carboxylic acids is 1. The zero-order valence-electron chi connectivity index (χ0n) is 17.6. The van der Waals surface area contributed by atoms with Crippen LogP contribution >= 0.6 is 39.0 Å². The van der Waals surface area contributed by atoms with Crippen molar-refractivity contribution in [2.24, 2.45) is 0 Å². The van der Waals surface area contributed by atoms with Crippen LogP contribution in [0.2, 0.25) is 0 Å². The van der Waals surface area contributed by atoms with Crippen molar-refractivity contribution in [1.82, 2.24) is 4.98 Å². The Kier molecular flexibility index (Phi) is 7.84. The molecular weight excluding hydrogens is 504 g/mol. The molecule has 0 saturated heterocycles. The molecule has 0 saturated carbocycles. The van der Waals surface area contributed by atoms with Gasteiger partial charge in [-0.25, -0.2) is 4.98 Å². The highest BCUT2D eigenvalue weighted by Gasteiger charge is 2.10. The molecule has 3 aromatic carbocycles. The maximum Gasteiger partial charge on any atom is 0.255 e. The summed E-state index contributed by atoms with van der Waals surface area (Å²) in [6, 6.07) is 21.4. The highest BCUT2D eigenvalue weighted by Crippen LogP contribution is 2.33. The van der Waals surface area contributed by atoms with E-state index in [0.717, 1.165) is 49.1 Å². The SMILES string of the molecule is CCCCOc1ccc(C(=O)Nc2ccc3nc(SCc4ccc(Br)cc4)sc3c2)cc1. The summed E-state index contributed by atoms with van der Waals surface area (Å²) in [5.41, 5.74) is 3.56. The third-order valence-corrected chi connectivity index (χ3v) is 7.55. The first-order chi connectivity index (χ1) is 15.6.